The van der Waals surface area contributed by atoms with E-state index in [4.69, 9.17) is 23.2 Å². The predicted octanol–water partition coefficient (Wildman–Crippen LogP) is 1.61. The van der Waals surface area contributed by atoms with Gasteiger partial charge in [0.05, 0.1) is 22.3 Å². The van der Waals surface area contributed by atoms with Gasteiger partial charge in [0.1, 0.15) is 0 Å². The number of para-hydroxylation sites is 1. The number of aliphatic imine (C=N–C) groups is 1. The molecule has 1 fully saturated rings. The molecule has 1 atom stereocenters. The minimum atomic E-state index is -4.01. The van der Waals surface area contributed by atoms with Gasteiger partial charge in [-0.1, -0.05) is 29.3 Å². The Kier molecular flexibility index (Phi) is 3.06. The highest BCUT2D eigenvalue weighted by Gasteiger charge is 2.44. The predicted molar refractivity (Wildman–Crippen MR) is 69.1 cm³/mol. The maximum atomic E-state index is 11.2. The lowest BCUT2D eigenvalue weighted by Crippen LogP contribution is -2.35. The van der Waals surface area contributed by atoms with E-state index in [1.165, 1.54) is 0 Å². The number of hydrogen-bond acceptors (Lipinski definition) is 7. The van der Waals surface area contributed by atoms with Crippen LogP contribution in [0, 0.1) is 0 Å². The van der Waals surface area contributed by atoms with Crippen molar-refractivity contribution in [3.8, 4) is 0 Å². The Balaban J connectivity index is 1.86. The minimum Gasteiger partial charge on any atom is -0.322 e. The monoisotopic (exact) mass is 323 g/mol. The maximum Gasteiger partial charge on any atom is 0.423 e. The summed E-state index contributed by atoms with van der Waals surface area (Å²) in [5, 5.41) is 4.61. The van der Waals surface area contributed by atoms with Gasteiger partial charge in [0.25, 0.3) is 0 Å². The van der Waals surface area contributed by atoms with Crippen LogP contribution in [0.3, 0.4) is 0 Å². The first-order chi connectivity index (χ1) is 8.96. The number of nitrogens with zero attached hydrogens (tertiary/aromatic N) is 2. The number of hydroxylamine groups is 2. The van der Waals surface area contributed by atoms with Crippen molar-refractivity contribution in [1.82, 2.24) is 5.06 Å². The second-order valence-corrected chi connectivity index (χ2v) is 5.72. The van der Waals surface area contributed by atoms with Crippen LogP contribution in [0.25, 0.3) is 0 Å². The van der Waals surface area contributed by atoms with Gasteiger partial charge < -0.3 is 5.32 Å². The fourth-order valence-electron chi connectivity index (χ4n) is 1.67. The van der Waals surface area contributed by atoms with E-state index in [1.807, 2.05) is 0 Å². The molecule has 2 aliphatic rings. The minimum absolute atomic E-state index is 0.129. The van der Waals surface area contributed by atoms with Crippen LogP contribution in [0.5, 0.6) is 0 Å². The molecule has 10 heteroatoms. The Bertz CT molecular complexity index is 643. The normalized spacial score (nSPS) is 24.2. The van der Waals surface area contributed by atoms with Crippen molar-refractivity contribution < 1.29 is 16.9 Å². The third-order valence-electron chi connectivity index (χ3n) is 2.47. The molecule has 3 rings (SSSR count). The zero-order valence-corrected chi connectivity index (χ0v) is 11.5. The lowest BCUT2D eigenvalue weighted by atomic mass is 10.3. The lowest BCUT2D eigenvalue weighted by molar-refractivity contribution is -0.00473. The maximum absolute atomic E-state index is 11.2. The van der Waals surface area contributed by atoms with E-state index in [1.54, 1.807) is 18.2 Å². The smallest absolute Gasteiger partial charge is 0.322 e. The molecule has 2 heterocycles. The summed E-state index contributed by atoms with van der Waals surface area (Å²) in [5.41, 5.74) is 0.415. The van der Waals surface area contributed by atoms with Crippen LogP contribution in [0.2, 0.25) is 10.0 Å². The molecule has 19 heavy (non-hydrogen) atoms. The Hall–Kier alpha value is -1.06. The molecule has 1 aromatic rings. The van der Waals surface area contributed by atoms with E-state index in [0.717, 1.165) is 5.06 Å². The van der Waals surface area contributed by atoms with Crippen molar-refractivity contribution in [1.29, 1.82) is 0 Å². The second kappa shape index (κ2) is 4.50. The molecule has 1 aromatic carbocycles. The highest BCUT2D eigenvalue weighted by Crippen LogP contribution is 2.32. The number of benzene rings is 1. The summed E-state index contributed by atoms with van der Waals surface area (Å²) >= 11 is 12.0. The van der Waals surface area contributed by atoms with Crippen molar-refractivity contribution in [2.75, 3.05) is 11.9 Å². The number of hydrogen-bond donors (Lipinski definition) is 1. The molecule has 1 N–H and O–H groups in total. The van der Waals surface area contributed by atoms with Gasteiger partial charge in [-0.2, -0.15) is 13.5 Å². The van der Waals surface area contributed by atoms with Gasteiger partial charge in [-0.15, -0.1) is 4.28 Å². The summed E-state index contributed by atoms with van der Waals surface area (Å²) in [4.78, 5) is 4.06. The molecular formula is C9H7Cl2N3O4S. The molecule has 0 saturated carbocycles. The molecule has 1 saturated heterocycles. The molecule has 0 aromatic heterocycles. The van der Waals surface area contributed by atoms with Gasteiger partial charge in [0.2, 0.25) is 5.96 Å². The topological polar surface area (TPSA) is 80.2 Å². The first kappa shape index (κ1) is 12.9. The van der Waals surface area contributed by atoms with Gasteiger partial charge in [0, 0.05) is 0 Å². The summed E-state index contributed by atoms with van der Waals surface area (Å²) < 4.78 is 31.6. The molecule has 1 unspecified atom stereocenters. The molecule has 0 amide bonds. The van der Waals surface area contributed by atoms with E-state index in [2.05, 4.69) is 18.8 Å². The van der Waals surface area contributed by atoms with Crippen LogP contribution in [0.15, 0.2) is 23.2 Å². The van der Waals surface area contributed by atoms with Crippen LogP contribution in [-0.4, -0.2) is 32.2 Å². The van der Waals surface area contributed by atoms with Crippen LogP contribution in [0.1, 0.15) is 0 Å². The van der Waals surface area contributed by atoms with E-state index in [-0.39, 0.29) is 12.5 Å². The highest BCUT2D eigenvalue weighted by atomic mass is 35.5. The Labute approximate surface area is 119 Å². The van der Waals surface area contributed by atoms with Crippen LogP contribution in [-0.2, 0) is 18.9 Å². The highest BCUT2D eigenvalue weighted by molar-refractivity contribution is 7.82. The molecule has 0 radical (unpaired) electrons. The van der Waals surface area contributed by atoms with Gasteiger partial charge >= 0.3 is 10.4 Å². The fourth-order valence-corrected chi connectivity index (χ4v) is 2.97. The standard InChI is InChI=1S/C9H7Cl2N3O4S/c10-5-2-1-3-6(11)8(5)13-9-12-4-7-14(9)18-19(15,16)17-7/h1-3,7H,4H2,(H,12,13). The van der Waals surface area contributed by atoms with Crippen molar-refractivity contribution in [3.05, 3.63) is 28.2 Å². The Morgan fingerprint density at radius 2 is 2.05 bits per heavy atom. The molecule has 0 bridgehead atoms. The van der Waals surface area contributed by atoms with Crippen molar-refractivity contribution in [2.24, 2.45) is 4.99 Å². The van der Waals surface area contributed by atoms with Gasteiger partial charge in [0.15, 0.2) is 6.23 Å². The van der Waals surface area contributed by atoms with E-state index < -0.39 is 16.6 Å². The van der Waals surface area contributed by atoms with E-state index in [9.17, 15) is 8.42 Å². The second-order valence-electron chi connectivity index (χ2n) is 3.75. The summed E-state index contributed by atoms with van der Waals surface area (Å²) in [5.74, 6) is 0.168. The average Bonchev–Trinajstić information content (AvgIpc) is 2.80. The van der Waals surface area contributed by atoms with E-state index in [0.29, 0.717) is 15.7 Å². The first-order valence-electron chi connectivity index (χ1n) is 5.14. The van der Waals surface area contributed by atoms with Crippen molar-refractivity contribution >= 4 is 45.2 Å². The number of guanidine groups is 1. The number of halogens is 2. The summed E-state index contributed by atoms with van der Waals surface area (Å²) in [6.45, 7) is 0.129. The largest absolute Gasteiger partial charge is 0.423 e. The fraction of sp³-hybridized carbons (Fsp3) is 0.222. The van der Waals surface area contributed by atoms with Gasteiger partial charge in [-0.25, -0.2) is 9.18 Å². The third-order valence-corrected chi connectivity index (χ3v) is 3.90. The van der Waals surface area contributed by atoms with Crippen molar-refractivity contribution in [3.63, 3.8) is 0 Å². The SMILES string of the molecule is O=S1(=O)OC2CN=C(Nc3c(Cl)cccc3Cl)N2O1. The van der Waals surface area contributed by atoms with Crippen LogP contribution < -0.4 is 5.32 Å². The number of fused-ring (bicyclic) bond motifs is 1. The summed E-state index contributed by atoms with van der Waals surface area (Å²) in [6, 6.07) is 4.97. The van der Waals surface area contributed by atoms with Crippen LogP contribution in [0.4, 0.5) is 5.69 Å². The number of anilines is 1. The molecule has 0 aliphatic carbocycles. The third kappa shape index (κ3) is 2.37. The molecule has 102 valence electrons. The zero-order valence-electron chi connectivity index (χ0n) is 9.21. The van der Waals surface area contributed by atoms with Gasteiger partial charge in [-0.05, 0) is 12.1 Å². The molecule has 7 nitrogen and oxygen atoms in total. The number of rotatable bonds is 1. The van der Waals surface area contributed by atoms with Crippen LogP contribution >= 0.6 is 23.2 Å². The van der Waals surface area contributed by atoms with Crippen molar-refractivity contribution in [2.45, 2.75) is 6.23 Å². The molecule has 2 aliphatic heterocycles. The first-order valence-corrected chi connectivity index (χ1v) is 7.23. The quantitative estimate of drug-likeness (QED) is 0.845. The van der Waals surface area contributed by atoms with Gasteiger partial charge in [-0.3, -0.25) is 0 Å². The molecule has 0 spiro atoms. The summed E-state index contributed by atoms with van der Waals surface area (Å²) in [7, 11) is -4.01. The lowest BCUT2D eigenvalue weighted by Gasteiger charge is -2.16. The summed E-state index contributed by atoms with van der Waals surface area (Å²) in [6.07, 6.45) is -0.797. The Morgan fingerprint density at radius 3 is 2.74 bits per heavy atom. The molecular weight excluding hydrogens is 317 g/mol. The zero-order chi connectivity index (χ0) is 13.6. The Morgan fingerprint density at radius 1 is 1.37 bits per heavy atom. The number of nitrogens with one attached hydrogen (secondary N) is 1. The van der Waals surface area contributed by atoms with E-state index >= 15 is 0 Å². The average molecular weight is 324 g/mol.